The summed E-state index contributed by atoms with van der Waals surface area (Å²) >= 11 is 1.33. The standard InChI is InChI=1S/C25H30N6O5S.C2H6/c1-5-15-10-23(29-28-15)27-17-12-19-16(11-20(17)32-2)25(30-36-19)31-37-24-21(33-3)8-14(9-22(24)34-4)18-13-35-7-6-26-18;1-2/h8-12,18,26H,5-7,13H2,1-4H3,(H,30,31)(H2,27,28,29);1-2H3. The molecule has 1 atom stereocenters. The van der Waals surface area contributed by atoms with Crippen molar-refractivity contribution in [2.75, 3.05) is 51.1 Å². The van der Waals surface area contributed by atoms with E-state index in [1.54, 1.807) is 21.3 Å². The molecule has 210 valence electrons. The zero-order chi connectivity index (χ0) is 27.8. The first kappa shape index (κ1) is 28.4. The Morgan fingerprint density at radius 2 is 1.77 bits per heavy atom. The van der Waals surface area contributed by atoms with Gasteiger partial charge in [-0.3, -0.25) is 5.10 Å². The molecule has 2 aromatic heterocycles. The van der Waals surface area contributed by atoms with Gasteiger partial charge in [-0.15, -0.1) is 0 Å². The number of nitrogens with one attached hydrogen (secondary N) is 4. The van der Waals surface area contributed by atoms with Crippen LogP contribution in [-0.4, -0.2) is 56.4 Å². The van der Waals surface area contributed by atoms with E-state index >= 15 is 0 Å². The van der Waals surface area contributed by atoms with Gasteiger partial charge in [-0.25, -0.2) is 0 Å². The fraction of sp³-hybridized carbons (Fsp3) is 0.407. The summed E-state index contributed by atoms with van der Waals surface area (Å²) in [5.74, 6) is 3.24. The van der Waals surface area contributed by atoms with Gasteiger partial charge in [0.15, 0.2) is 17.2 Å². The number of hydrogen-bond donors (Lipinski definition) is 4. The number of anilines is 3. The molecule has 0 saturated carbocycles. The van der Waals surface area contributed by atoms with Crippen molar-refractivity contribution in [3.8, 4) is 17.2 Å². The highest BCUT2D eigenvalue weighted by Gasteiger charge is 2.22. The minimum absolute atomic E-state index is 0.0772. The molecule has 39 heavy (non-hydrogen) atoms. The van der Waals surface area contributed by atoms with E-state index in [2.05, 4.69) is 37.6 Å². The van der Waals surface area contributed by atoms with Crippen LogP contribution in [0.4, 0.5) is 17.3 Å². The van der Waals surface area contributed by atoms with E-state index in [0.29, 0.717) is 47.7 Å². The lowest BCUT2D eigenvalue weighted by Crippen LogP contribution is -2.34. The number of H-pyrrole nitrogens is 1. The number of hydrogen-bond acceptors (Lipinski definition) is 11. The van der Waals surface area contributed by atoms with Crippen molar-refractivity contribution in [2.24, 2.45) is 0 Å². The molecular formula is C27H36N6O5S. The summed E-state index contributed by atoms with van der Waals surface area (Å²) in [6.07, 6.45) is 0.865. The Labute approximate surface area is 232 Å². The number of aromatic amines is 1. The summed E-state index contributed by atoms with van der Waals surface area (Å²) in [5, 5.41) is 19.0. The molecule has 4 aromatic rings. The first-order valence-electron chi connectivity index (χ1n) is 12.9. The third kappa shape index (κ3) is 6.35. The van der Waals surface area contributed by atoms with Crippen molar-refractivity contribution >= 4 is 40.2 Å². The van der Waals surface area contributed by atoms with E-state index in [0.717, 1.165) is 40.2 Å². The van der Waals surface area contributed by atoms with E-state index in [9.17, 15) is 0 Å². The van der Waals surface area contributed by atoms with Gasteiger partial charge in [0, 0.05) is 24.4 Å². The van der Waals surface area contributed by atoms with Crippen molar-refractivity contribution in [3.63, 3.8) is 0 Å². The lowest BCUT2D eigenvalue weighted by atomic mass is 10.1. The summed E-state index contributed by atoms with van der Waals surface area (Å²) < 4.78 is 31.6. The first-order chi connectivity index (χ1) is 19.1. The summed E-state index contributed by atoms with van der Waals surface area (Å²) in [6.45, 7) is 8.17. The predicted molar refractivity (Wildman–Crippen MR) is 154 cm³/mol. The molecule has 2 aromatic carbocycles. The minimum Gasteiger partial charge on any atom is -0.495 e. The van der Waals surface area contributed by atoms with Crippen LogP contribution in [0.5, 0.6) is 17.2 Å². The van der Waals surface area contributed by atoms with Crippen LogP contribution in [0.1, 0.15) is 38.1 Å². The van der Waals surface area contributed by atoms with Gasteiger partial charge in [-0.1, -0.05) is 25.9 Å². The third-order valence-electron chi connectivity index (χ3n) is 6.12. The number of aromatic nitrogens is 3. The molecule has 1 saturated heterocycles. The molecule has 4 N–H and O–H groups in total. The molecular weight excluding hydrogens is 520 g/mol. The van der Waals surface area contributed by atoms with Crippen LogP contribution in [0.25, 0.3) is 11.0 Å². The number of morpholine rings is 1. The molecule has 1 aliphatic rings. The molecule has 1 aliphatic heterocycles. The van der Waals surface area contributed by atoms with Gasteiger partial charge in [0.1, 0.15) is 22.1 Å². The Morgan fingerprint density at radius 1 is 1.03 bits per heavy atom. The van der Waals surface area contributed by atoms with Crippen molar-refractivity contribution in [2.45, 2.75) is 38.1 Å². The Morgan fingerprint density at radius 3 is 2.38 bits per heavy atom. The highest BCUT2D eigenvalue weighted by Crippen LogP contribution is 2.42. The number of aryl methyl sites for hydroxylation is 1. The van der Waals surface area contributed by atoms with Crippen molar-refractivity contribution in [1.82, 2.24) is 20.7 Å². The molecule has 3 heterocycles. The molecule has 0 bridgehead atoms. The highest BCUT2D eigenvalue weighted by molar-refractivity contribution is 8.00. The summed E-state index contributed by atoms with van der Waals surface area (Å²) in [7, 11) is 4.90. The van der Waals surface area contributed by atoms with Crippen LogP contribution in [0.15, 0.2) is 39.8 Å². The maximum absolute atomic E-state index is 5.71. The van der Waals surface area contributed by atoms with E-state index in [-0.39, 0.29) is 6.04 Å². The number of nitrogens with zero attached hydrogens (tertiary/aromatic N) is 2. The zero-order valence-electron chi connectivity index (χ0n) is 23.1. The fourth-order valence-electron chi connectivity index (χ4n) is 4.13. The second kappa shape index (κ2) is 13.5. The smallest absolute Gasteiger partial charge is 0.187 e. The average Bonchev–Trinajstić information content (AvgIpc) is 3.62. The molecule has 1 fully saturated rings. The maximum atomic E-state index is 5.71. The largest absolute Gasteiger partial charge is 0.495 e. The molecule has 0 amide bonds. The van der Waals surface area contributed by atoms with Gasteiger partial charge in [0.25, 0.3) is 0 Å². The topological polar surface area (TPSA) is 128 Å². The number of benzene rings is 2. The zero-order valence-corrected chi connectivity index (χ0v) is 24.0. The monoisotopic (exact) mass is 556 g/mol. The van der Waals surface area contributed by atoms with Gasteiger partial charge in [-0.2, -0.15) is 5.10 Å². The highest BCUT2D eigenvalue weighted by atomic mass is 32.2. The van der Waals surface area contributed by atoms with Crippen molar-refractivity contribution in [1.29, 1.82) is 0 Å². The maximum Gasteiger partial charge on any atom is 0.187 e. The van der Waals surface area contributed by atoms with Crippen LogP contribution in [0.2, 0.25) is 0 Å². The molecule has 0 radical (unpaired) electrons. The van der Waals surface area contributed by atoms with Gasteiger partial charge in [0.2, 0.25) is 0 Å². The normalized spacial score (nSPS) is 14.9. The number of fused-ring (bicyclic) bond motifs is 1. The summed E-state index contributed by atoms with van der Waals surface area (Å²) in [5.41, 5.74) is 3.39. The molecule has 0 aliphatic carbocycles. The average molecular weight is 557 g/mol. The molecule has 5 rings (SSSR count). The van der Waals surface area contributed by atoms with Crippen LogP contribution in [-0.2, 0) is 11.2 Å². The molecule has 1 unspecified atom stereocenters. The van der Waals surface area contributed by atoms with E-state index < -0.39 is 0 Å². The Balaban J connectivity index is 0.00000172. The van der Waals surface area contributed by atoms with E-state index in [1.807, 2.05) is 44.2 Å². The fourth-order valence-corrected chi connectivity index (χ4v) is 4.96. The molecule has 0 spiro atoms. The van der Waals surface area contributed by atoms with Gasteiger partial charge >= 0.3 is 0 Å². The van der Waals surface area contributed by atoms with Crippen molar-refractivity contribution < 1.29 is 23.5 Å². The van der Waals surface area contributed by atoms with Crippen LogP contribution in [0, 0.1) is 0 Å². The molecule has 12 heteroatoms. The summed E-state index contributed by atoms with van der Waals surface area (Å²) in [4.78, 5) is 0.789. The van der Waals surface area contributed by atoms with Crippen LogP contribution < -0.4 is 29.6 Å². The SMILES string of the molecule is CC.CCc1cc(Nc2cc3onc(NSc4c(OC)cc(C5COCCN5)cc4OC)c3cc2OC)n[nH]1. The lowest BCUT2D eigenvalue weighted by Gasteiger charge is -2.25. The van der Waals surface area contributed by atoms with Crippen LogP contribution >= 0.6 is 11.9 Å². The second-order valence-corrected chi connectivity index (χ2v) is 9.19. The lowest BCUT2D eigenvalue weighted by molar-refractivity contribution is 0.0767. The number of rotatable bonds is 10. The van der Waals surface area contributed by atoms with Gasteiger partial charge < -0.3 is 38.8 Å². The minimum atomic E-state index is 0.0772. The number of methoxy groups -OCH3 is 3. The van der Waals surface area contributed by atoms with E-state index in [1.165, 1.54) is 11.9 Å². The van der Waals surface area contributed by atoms with E-state index in [4.69, 9.17) is 23.5 Å². The molecule has 11 nitrogen and oxygen atoms in total. The van der Waals surface area contributed by atoms with Gasteiger partial charge in [0.05, 0.1) is 51.7 Å². The third-order valence-corrected chi connectivity index (χ3v) is 7.03. The Hall–Kier alpha value is -3.61. The Kier molecular flexibility index (Phi) is 9.79. The second-order valence-electron chi connectivity index (χ2n) is 8.38. The predicted octanol–water partition coefficient (Wildman–Crippen LogP) is 5.69. The Bertz CT molecular complexity index is 1340. The van der Waals surface area contributed by atoms with Crippen molar-refractivity contribution in [3.05, 3.63) is 41.6 Å². The summed E-state index contributed by atoms with van der Waals surface area (Å²) in [6, 6.07) is 9.74. The number of ether oxygens (including phenoxy) is 4. The quantitative estimate of drug-likeness (QED) is 0.180. The first-order valence-corrected chi connectivity index (χ1v) is 13.7. The van der Waals surface area contributed by atoms with Crippen LogP contribution in [0.3, 0.4) is 0 Å². The van der Waals surface area contributed by atoms with Gasteiger partial charge in [-0.05, 0) is 42.1 Å².